The first-order valence-electron chi connectivity index (χ1n) is 3.97. The van der Waals surface area contributed by atoms with Crippen LogP contribution in [0.25, 0.3) is 0 Å². The van der Waals surface area contributed by atoms with Gasteiger partial charge in [0.15, 0.2) is 0 Å². The number of rotatable bonds is 0. The summed E-state index contributed by atoms with van der Waals surface area (Å²) in [5.74, 6) is 0.0376. The van der Waals surface area contributed by atoms with Crippen LogP contribution < -0.4 is 4.57 Å². The summed E-state index contributed by atoms with van der Waals surface area (Å²) in [5, 5.41) is 0. The fraction of sp³-hybridized carbons (Fsp3) is 0.429. The molecule has 0 saturated heterocycles. The molecule has 0 amide bonds. The van der Waals surface area contributed by atoms with Crippen molar-refractivity contribution in [1.82, 2.24) is 4.57 Å². The van der Waals surface area contributed by atoms with Crippen LogP contribution in [0.4, 0.5) is 12.9 Å². The van der Waals surface area contributed by atoms with Gasteiger partial charge >= 0.3 is 12.9 Å². The van der Waals surface area contributed by atoms with Gasteiger partial charge in [-0.15, -0.1) is 0 Å². The van der Waals surface area contributed by atoms with E-state index in [1.807, 2.05) is 17.8 Å². The molecule has 0 aliphatic carbocycles. The Morgan fingerprint density at radius 1 is 1.43 bits per heavy atom. The van der Waals surface area contributed by atoms with Crippen molar-refractivity contribution >= 4 is 12.9 Å². The van der Waals surface area contributed by atoms with Crippen LogP contribution in [-0.4, -0.2) is 17.5 Å². The fourth-order valence-electron chi connectivity index (χ4n) is 0.636. The Balaban J connectivity index is 0.000000292. The number of hydrogen-bond acceptors (Lipinski definition) is 1. The summed E-state index contributed by atoms with van der Waals surface area (Å²) in [6, 6.07) is 0. The van der Waals surface area contributed by atoms with Crippen LogP contribution in [0.1, 0.15) is 11.7 Å². The Morgan fingerprint density at radius 2 is 1.86 bits per heavy atom. The molecule has 1 heterocycles. The van der Waals surface area contributed by atoms with E-state index in [2.05, 4.69) is 0 Å². The van der Waals surface area contributed by atoms with E-state index in [1.54, 1.807) is 12.5 Å². The second-order valence-corrected chi connectivity index (χ2v) is 2.91. The number of hydrogen-bond donors (Lipinski definition) is 0. The summed E-state index contributed by atoms with van der Waals surface area (Å²) in [7, 11) is 1.87. The third-order valence-corrected chi connectivity index (χ3v) is 1.13. The minimum atomic E-state index is -4.50. The van der Waals surface area contributed by atoms with Gasteiger partial charge in [-0.1, -0.05) is 6.82 Å². The van der Waals surface area contributed by atoms with Crippen LogP contribution in [0.5, 0.6) is 0 Å². The van der Waals surface area contributed by atoms with Gasteiger partial charge in [0.1, 0.15) is 12.4 Å². The summed E-state index contributed by atoms with van der Waals surface area (Å²) in [5.41, 5.74) is 0. The number of aromatic nitrogens is 2. The molecule has 0 spiro atoms. The number of nitrogens with zero attached hydrogens (tertiary/aromatic N) is 2. The summed E-state index contributed by atoms with van der Waals surface area (Å²) in [6.45, 7) is -2.72. The molecule has 1 aromatic heterocycles. The van der Waals surface area contributed by atoms with Gasteiger partial charge in [-0.3, -0.25) is 0 Å². The lowest BCUT2D eigenvalue weighted by atomic mass is 9.99. The Bertz CT molecular complexity index is 302. The molecule has 0 N–H and O–H groups in total. The van der Waals surface area contributed by atoms with Gasteiger partial charge in [0.05, 0.1) is 7.05 Å². The highest BCUT2D eigenvalue weighted by molar-refractivity contribution is 6.56. The average molecular weight is 208 g/mol. The van der Waals surface area contributed by atoms with Gasteiger partial charge < -0.3 is 12.9 Å². The van der Waals surface area contributed by atoms with Gasteiger partial charge in [0, 0.05) is 6.92 Å². The molecule has 0 aliphatic heterocycles. The lowest BCUT2D eigenvalue weighted by Gasteiger charge is -1.99. The summed E-state index contributed by atoms with van der Waals surface area (Å²) < 4.78 is 34.6. The topological polar surface area (TPSA) is 25.9 Å². The maximum atomic E-state index is 10.6. The highest BCUT2D eigenvalue weighted by Crippen LogP contribution is 2.03. The molecule has 0 aliphatic rings. The van der Waals surface area contributed by atoms with Crippen LogP contribution in [-0.2, 0) is 7.05 Å². The highest BCUT2D eigenvalue weighted by Gasteiger charge is 2.11. The number of carbonyl (C=O) groups is 1. The Kier molecular flexibility index (Phi) is 4.39. The van der Waals surface area contributed by atoms with Crippen molar-refractivity contribution in [2.24, 2.45) is 7.05 Å². The van der Waals surface area contributed by atoms with E-state index < -0.39 is 6.98 Å². The Labute approximate surface area is 80.2 Å². The average Bonchev–Trinajstić information content (AvgIpc) is 2.31. The van der Waals surface area contributed by atoms with Crippen molar-refractivity contribution in [2.45, 2.75) is 13.7 Å². The smallest absolute Gasteiger partial charge is 0.449 e. The van der Waals surface area contributed by atoms with E-state index in [4.69, 9.17) is 0 Å². The van der Waals surface area contributed by atoms with Crippen molar-refractivity contribution in [3.8, 4) is 0 Å². The van der Waals surface area contributed by atoms with Gasteiger partial charge in [-0.05, 0) is 0 Å². The third kappa shape index (κ3) is 7.39. The Morgan fingerprint density at radius 3 is 2.00 bits per heavy atom. The maximum Gasteiger partial charge on any atom is 0.475 e. The lowest BCUT2D eigenvalue weighted by molar-refractivity contribution is -0.670. The van der Waals surface area contributed by atoms with E-state index in [-0.39, 0.29) is 12.7 Å². The predicted molar refractivity (Wildman–Crippen MR) is 46.9 cm³/mol. The molecule has 80 valence electrons. The fourth-order valence-corrected chi connectivity index (χ4v) is 0.636. The molecular formula is C7H12BF3N2O. The van der Waals surface area contributed by atoms with Crippen molar-refractivity contribution in [3.05, 3.63) is 18.7 Å². The van der Waals surface area contributed by atoms with Crippen molar-refractivity contribution in [2.75, 3.05) is 0 Å². The van der Waals surface area contributed by atoms with Gasteiger partial charge in [0.2, 0.25) is 0 Å². The molecule has 0 atom stereocenters. The van der Waals surface area contributed by atoms with Crippen molar-refractivity contribution < 1.29 is 22.3 Å². The zero-order valence-corrected chi connectivity index (χ0v) is 8.25. The molecule has 0 bridgehead atoms. The zero-order chi connectivity index (χ0) is 11.4. The monoisotopic (exact) mass is 208 g/mol. The minimum absolute atomic E-state index is 0.0376. The molecule has 7 heteroatoms. The standard InChI is InChI=1S/C6H9N2O.CH3BF3/c1-6(9)8-4-3-7(2)5-8;1-2(3,4)5/h3-5H,1-2H3;1H3/q+1;-1. The molecular weight excluding hydrogens is 196 g/mol. The van der Waals surface area contributed by atoms with E-state index in [9.17, 15) is 17.7 Å². The lowest BCUT2D eigenvalue weighted by Crippen LogP contribution is -2.24. The quantitative estimate of drug-likeness (QED) is 0.467. The van der Waals surface area contributed by atoms with Crippen LogP contribution >= 0.6 is 0 Å². The summed E-state index contributed by atoms with van der Waals surface area (Å²) >= 11 is 0. The van der Waals surface area contributed by atoms with Gasteiger partial charge in [-0.2, -0.15) is 4.57 Å². The first-order chi connectivity index (χ1) is 6.20. The van der Waals surface area contributed by atoms with E-state index >= 15 is 0 Å². The van der Waals surface area contributed by atoms with E-state index in [0.717, 1.165) is 0 Å². The highest BCUT2D eigenvalue weighted by atomic mass is 19.4. The number of carbonyl (C=O) groups excluding carboxylic acids is 1. The SMILES string of the molecule is CC(=O)n1cc[n+](C)c1.C[B-](F)(F)F. The van der Waals surface area contributed by atoms with Crippen LogP contribution in [0.3, 0.4) is 0 Å². The van der Waals surface area contributed by atoms with Crippen LogP contribution in [0.15, 0.2) is 18.7 Å². The molecule has 0 fully saturated rings. The van der Waals surface area contributed by atoms with E-state index in [1.165, 1.54) is 11.5 Å². The van der Waals surface area contributed by atoms with Crippen LogP contribution in [0, 0.1) is 0 Å². The second-order valence-electron chi connectivity index (χ2n) is 2.91. The molecule has 0 saturated carbocycles. The molecule has 1 aromatic rings. The molecule has 1 rings (SSSR count). The Hall–Kier alpha value is -1.27. The van der Waals surface area contributed by atoms with E-state index in [0.29, 0.717) is 0 Å². The first-order valence-corrected chi connectivity index (χ1v) is 3.97. The number of imidazole rings is 1. The number of aryl methyl sites for hydroxylation is 1. The van der Waals surface area contributed by atoms with Crippen molar-refractivity contribution in [1.29, 1.82) is 0 Å². The summed E-state index contributed by atoms with van der Waals surface area (Å²) in [6.07, 6.45) is 5.27. The van der Waals surface area contributed by atoms with Crippen molar-refractivity contribution in [3.63, 3.8) is 0 Å². The number of halogens is 3. The minimum Gasteiger partial charge on any atom is -0.449 e. The zero-order valence-electron chi connectivity index (χ0n) is 8.25. The largest absolute Gasteiger partial charge is 0.475 e. The predicted octanol–water partition coefficient (Wildman–Crippen LogP) is 1.44. The van der Waals surface area contributed by atoms with Gasteiger partial charge in [-0.25, -0.2) is 9.36 Å². The first kappa shape index (κ1) is 12.7. The van der Waals surface area contributed by atoms with Crippen LogP contribution in [0.2, 0.25) is 6.82 Å². The molecule has 3 nitrogen and oxygen atoms in total. The second kappa shape index (κ2) is 4.83. The normalized spacial score (nSPS) is 10.4. The molecule has 0 unspecified atom stereocenters. The summed E-state index contributed by atoms with van der Waals surface area (Å²) in [4.78, 5) is 10.6. The molecule has 0 radical (unpaired) electrons. The molecule has 14 heavy (non-hydrogen) atoms. The third-order valence-electron chi connectivity index (χ3n) is 1.13. The molecule has 0 aromatic carbocycles. The maximum absolute atomic E-state index is 10.6. The van der Waals surface area contributed by atoms with Gasteiger partial charge in [0.25, 0.3) is 6.33 Å².